The number of carbonyl (C=O) groups excluding carboxylic acids is 2. The maximum atomic E-state index is 13.1. The molecule has 0 saturated carbocycles. The summed E-state index contributed by atoms with van der Waals surface area (Å²) in [5.74, 6) is 2.19. The number of benzene rings is 1. The molecular weight excluding hydrogens is 572 g/mol. The maximum absolute atomic E-state index is 13.1. The van der Waals surface area contributed by atoms with Gasteiger partial charge in [0.1, 0.15) is 16.7 Å². The van der Waals surface area contributed by atoms with E-state index in [4.69, 9.17) is 21.3 Å². The number of rotatable bonds is 13. The molecule has 2 saturated heterocycles. The second kappa shape index (κ2) is 16.2. The Morgan fingerprint density at radius 2 is 1.69 bits per heavy atom. The highest BCUT2D eigenvalue weighted by Gasteiger charge is 2.28. The minimum Gasteiger partial charge on any atom is -0.492 e. The lowest BCUT2D eigenvalue weighted by atomic mass is 10.1. The van der Waals surface area contributed by atoms with Crippen LogP contribution in [0.5, 0.6) is 5.75 Å². The van der Waals surface area contributed by atoms with Crippen molar-refractivity contribution in [3.8, 4) is 5.75 Å². The Hall–Kier alpha value is -2.72. The first kappa shape index (κ1) is 32.2. The molecule has 1 aromatic heterocycles. The van der Waals surface area contributed by atoms with E-state index in [9.17, 15) is 9.59 Å². The van der Waals surface area contributed by atoms with Gasteiger partial charge in [0.2, 0.25) is 11.8 Å². The number of para-hydroxylation sites is 2. The Balaban J connectivity index is 1.25. The predicted octanol–water partition coefficient (Wildman–Crippen LogP) is 5.37. The molecule has 230 valence electrons. The van der Waals surface area contributed by atoms with Crippen LogP contribution >= 0.6 is 23.4 Å². The first-order valence-corrected chi connectivity index (χ1v) is 16.7. The number of carbonyl (C=O) groups is 2. The largest absolute Gasteiger partial charge is 0.492 e. The van der Waals surface area contributed by atoms with Crippen molar-refractivity contribution in [3.05, 3.63) is 35.5 Å². The number of anilines is 2. The number of nitrogens with zero attached hydrogens (tertiary/aromatic N) is 6. The topological polar surface area (TPSA) is 82.1 Å². The highest BCUT2D eigenvalue weighted by molar-refractivity contribution is 7.99. The zero-order chi connectivity index (χ0) is 29.9. The van der Waals surface area contributed by atoms with Gasteiger partial charge >= 0.3 is 0 Å². The lowest BCUT2D eigenvalue weighted by Crippen LogP contribution is -2.54. The highest BCUT2D eigenvalue weighted by Crippen LogP contribution is 2.29. The van der Waals surface area contributed by atoms with Crippen LogP contribution in [0.2, 0.25) is 5.15 Å². The molecule has 2 fully saturated rings. The molecule has 42 heavy (non-hydrogen) atoms. The number of unbranched alkanes of at least 4 members (excludes halogenated alkanes) is 4. The van der Waals surface area contributed by atoms with Crippen molar-refractivity contribution in [1.82, 2.24) is 19.8 Å². The molecule has 0 spiro atoms. The molecule has 9 nitrogen and oxygen atoms in total. The van der Waals surface area contributed by atoms with Crippen LogP contribution in [0.4, 0.5) is 11.5 Å². The van der Waals surface area contributed by atoms with E-state index < -0.39 is 0 Å². The third-order valence-corrected chi connectivity index (χ3v) is 8.92. The minimum absolute atomic E-state index is 0.0679. The zero-order valence-corrected chi connectivity index (χ0v) is 26.8. The fraction of sp³-hybridized carbons (Fsp3) is 0.613. The molecule has 3 heterocycles. The number of hydrogen-bond acceptors (Lipinski definition) is 8. The van der Waals surface area contributed by atoms with Crippen LogP contribution in [0, 0.1) is 0 Å². The fourth-order valence-corrected chi connectivity index (χ4v) is 6.57. The summed E-state index contributed by atoms with van der Waals surface area (Å²) in [6, 6.07) is 9.91. The quantitative estimate of drug-likeness (QED) is 0.129. The molecule has 0 aliphatic carbocycles. The van der Waals surface area contributed by atoms with Crippen molar-refractivity contribution in [3.63, 3.8) is 0 Å². The summed E-state index contributed by atoms with van der Waals surface area (Å²) >= 11 is 7.70. The summed E-state index contributed by atoms with van der Waals surface area (Å²) in [7, 11) is 0. The highest BCUT2D eigenvalue weighted by atomic mass is 35.5. The minimum atomic E-state index is 0.0679. The second-order valence-corrected chi connectivity index (χ2v) is 12.3. The normalized spacial score (nSPS) is 17.5. The first-order valence-electron chi connectivity index (χ1n) is 15.4. The Labute approximate surface area is 259 Å². The summed E-state index contributed by atoms with van der Waals surface area (Å²) in [6.45, 7) is 11.8. The molecule has 1 aromatic carbocycles. The summed E-state index contributed by atoms with van der Waals surface area (Å²) in [6.07, 6.45) is 6.35. The van der Waals surface area contributed by atoms with Crippen LogP contribution < -0.4 is 14.5 Å². The predicted molar refractivity (Wildman–Crippen MR) is 171 cm³/mol. The number of amides is 2. The van der Waals surface area contributed by atoms with E-state index in [0.29, 0.717) is 56.1 Å². The maximum Gasteiger partial charge on any atom is 0.233 e. The van der Waals surface area contributed by atoms with Crippen LogP contribution in [0.15, 0.2) is 35.5 Å². The molecule has 2 aromatic rings. The smallest absolute Gasteiger partial charge is 0.233 e. The average molecular weight is 617 g/mol. The third kappa shape index (κ3) is 8.89. The first-order chi connectivity index (χ1) is 20.4. The Kier molecular flexibility index (Phi) is 12.4. The summed E-state index contributed by atoms with van der Waals surface area (Å²) in [4.78, 5) is 43.3. The Morgan fingerprint density at radius 1 is 0.952 bits per heavy atom. The summed E-state index contributed by atoms with van der Waals surface area (Å²) < 4.78 is 5.79. The van der Waals surface area contributed by atoms with E-state index in [1.54, 1.807) is 6.07 Å². The molecule has 1 unspecified atom stereocenters. The van der Waals surface area contributed by atoms with Gasteiger partial charge in [-0.1, -0.05) is 68.1 Å². The summed E-state index contributed by atoms with van der Waals surface area (Å²) in [5.41, 5.74) is 1.07. The molecule has 4 rings (SSSR count). The molecule has 11 heteroatoms. The van der Waals surface area contributed by atoms with Crippen molar-refractivity contribution >= 4 is 46.7 Å². The van der Waals surface area contributed by atoms with Gasteiger partial charge < -0.3 is 24.3 Å². The van der Waals surface area contributed by atoms with Gasteiger partial charge in [-0.2, -0.15) is 0 Å². The van der Waals surface area contributed by atoms with E-state index in [1.165, 1.54) is 31.0 Å². The SMILES string of the molecule is CCCCCCCC(=O)N1CCN(c2cc(Cl)nc(SCC(=O)N3CCN(c4ccccc4OCC)CC3)n2)CC1C. The molecule has 1 atom stereocenters. The van der Waals surface area contributed by atoms with Gasteiger partial charge in [-0.15, -0.1) is 0 Å². The number of halogens is 1. The second-order valence-electron chi connectivity index (χ2n) is 10.9. The van der Waals surface area contributed by atoms with E-state index >= 15 is 0 Å². The molecule has 0 N–H and O–H groups in total. The van der Waals surface area contributed by atoms with Crippen molar-refractivity contribution in [2.75, 3.05) is 68.0 Å². The number of piperazine rings is 2. The van der Waals surface area contributed by atoms with Crippen LogP contribution in [0.1, 0.15) is 59.3 Å². The number of ether oxygens (including phenoxy) is 1. The van der Waals surface area contributed by atoms with Gasteiger partial charge in [0.25, 0.3) is 0 Å². The molecular formula is C31H45ClN6O3S. The Bertz CT molecular complexity index is 1180. The summed E-state index contributed by atoms with van der Waals surface area (Å²) in [5, 5.41) is 0.850. The van der Waals surface area contributed by atoms with E-state index in [1.807, 2.05) is 34.9 Å². The van der Waals surface area contributed by atoms with Gasteiger partial charge in [-0.3, -0.25) is 9.59 Å². The lowest BCUT2D eigenvalue weighted by molar-refractivity contribution is -0.133. The third-order valence-electron chi connectivity index (χ3n) is 7.89. The van der Waals surface area contributed by atoms with Crippen LogP contribution in [0.25, 0.3) is 0 Å². The van der Waals surface area contributed by atoms with Crippen molar-refractivity contribution in [2.24, 2.45) is 0 Å². The van der Waals surface area contributed by atoms with E-state index in [-0.39, 0.29) is 23.6 Å². The van der Waals surface area contributed by atoms with Crippen LogP contribution in [0.3, 0.4) is 0 Å². The van der Waals surface area contributed by atoms with Crippen molar-refractivity contribution in [2.45, 2.75) is 70.5 Å². The zero-order valence-electron chi connectivity index (χ0n) is 25.3. The van der Waals surface area contributed by atoms with Gasteiger partial charge in [0.05, 0.1) is 18.0 Å². The number of hydrogen-bond donors (Lipinski definition) is 0. The molecule has 2 aliphatic rings. The Morgan fingerprint density at radius 3 is 2.43 bits per heavy atom. The number of thioether (sulfide) groups is 1. The lowest BCUT2D eigenvalue weighted by Gasteiger charge is -2.40. The monoisotopic (exact) mass is 616 g/mol. The molecule has 2 amide bonds. The molecule has 0 radical (unpaired) electrons. The van der Waals surface area contributed by atoms with Gasteiger partial charge in [-0.25, -0.2) is 9.97 Å². The fourth-order valence-electron chi connectivity index (χ4n) is 5.58. The average Bonchev–Trinajstić information content (AvgIpc) is 3.00. The van der Waals surface area contributed by atoms with Crippen LogP contribution in [-0.4, -0.2) is 95.8 Å². The van der Waals surface area contributed by atoms with Gasteiger partial charge in [0.15, 0.2) is 5.16 Å². The molecule has 0 bridgehead atoms. The molecule has 2 aliphatic heterocycles. The van der Waals surface area contributed by atoms with Crippen LogP contribution in [-0.2, 0) is 9.59 Å². The van der Waals surface area contributed by atoms with Crippen molar-refractivity contribution in [1.29, 1.82) is 0 Å². The number of aromatic nitrogens is 2. The van der Waals surface area contributed by atoms with Crippen molar-refractivity contribution < 1.29 is 14.3 Å². The van der Waals surface area contributed by atoms with Gasteiger partial charge in [0, 0.05) is 64.3 Å². The van der Waals surface area contributed by atoms with E-state index in [0.717, 1.165) is 43.2 Å². The van der Waals surface area contributed by atoms with E-state index in [2.05, 4.69) is 34.7 Å². The van der Waals surface area contributed by atoms with Gasteiger partial charge in [-0.05, 0) is 32.4 Å². The standard InChI is InChI=1S/C31H45ClN6O3S/c1-4-6-7-8-9-14-29(39)38-20-19-37(22-24(38)3)28-21-27(32)33-31(34-28)42-23-30(40)36-17-15-35(16-18-36)25-12-10-11-13-26(25)41-5-2/h10-13,21,24H,4-9,14-20,22-23H2,1-3H3.